The van der Waals surface area contributed by atoms with Crippen LogP contribution in [0.2, 0.25) is 5.02 Å². The van der Waals surface area contributed by atoms with Crippen molar-refractivity contribution in [1.29, 1.82) is 0 Å². The van der Waals surface area contributed by atoms with Crippen molar-refractivity contribution in [1.82, 2.24) is 29.6 Å². The summed E-state index contributed by atoms with van der Waals surface area (Å²) in [6.45, 7) is 1.56. The molecule has 3 heterocycles. The molecule has 1 fully saturated rings. The maximum Gasteiger partial charge on any atom is 0.141 e. The molecule has 3 aromatic rings. The minimum Gasteiger partial charge on any atom is -0.380 e. The highest BCUT2D eigenvalue weighted by Crippen LogP contribution is 2.33. The average Bonchev–Trinajstić information content (AvgIpc) is 3.29. The summed E-state index contributed by atoms with van der Waals surface area (Å²) in [6, 6.07) is 5.93. The Morgan fingerprint density at radius 3 is 3.04 bits per heavy atom. The molecule has 0 aliphatic carbocycles. The molecule has 0 spiro atoms. The van der Waals surface area contributed by atoms with Crippen LogP contribution in [0, 0.1) is 0 Å². The molecular formula is C16H19ClN6O. The number of imidazole rings is 1. The summed E-state index contributed by atoms with van der Waals surface area (Å²) in [4.78, 5) is 11.4. The van der Waals surface area contributed by atoms with Crippen molar-refractivity contribution in [3.05, 3.63) is 41.2 Å². The van der Waals surface area contributed by atoms with Crippen LogP contribution in [-0.4, -0.2) is 49.4 Å². The number of fused-ring (bicyclic) bond motifs is 1. The Morgan fingerprint density at radius 1 is 1.42 bits per heavy atom. The summed E-state index contributed by atoms with van der Waals surface area (Å²) < 4.78 is 7.66. The number of aromatic nitrogens is 5. The molecule has 24 heavy (non-hydrogen) atoms. The number of nitrogens with zero attached hydrogens (tertiary/aromatic N) is 5. The van der Waals surface area contributed by atoms with Crippen LogP contribution in [-0.2, 0) is 18.3 Å². The predicted octanol–water partition coefficient (Wildman–Crippen LogP) is 2.31. The monoisotopic (exact) mass is 346 g/mol. The highest BCUT2D eigenvalue weighted by atomic mass is 35.5. The second kappa shape index (κ2) is 6.16. The molecule has 0 unspecified atom stereocenters. The first-order chi connectivity index (χ1) is 11.7. The van der Waals surface area contributed by atoms with Crippen molar-refractivity contribution >= 4 is 22.6 Å². The van der Waals surface area contributed by atoms with Crippen LogP contribution in [0.4, 0.5) is 0 Å². The van der Waals surface area contributed by atoms with Crippen LogP contribution in [0.1, 0.15) is 24.1 Å². The van der Waals surface area contributed by atoms with Gasteiger partial charge in [0.1, 0.15) is 18.0 Å². The number of hydrogen-bond acceptors (Lipinski definition) is 5. The van der Waals surface area contributed by atoms with Crippen molar-refractivity contribution in [3.63, 3.8) is 0 Å². The van der Waals surface area contributed by atoms with Gasteiger partial charge in [-0.05, 0) is 24.6 Å². The maximum atomic E-state index is 6.11. The Labute approximate surface area is 144 Å². The molecule has 2 atom stereocenters. The Kier molecular flexibility index (Phi) is 3.99. The standard InChI is InChI=1S/C16H19ClN6O/c1-22-13-5-10(17)3-4-12(13)20-15(22)8-23-7-11(24-2)6-14(23)16-18-9-19-21-16/h3-5,9,11,14H,6-8H2,1-2H3,(H,18,19,21)/t11-,14+/m1/s1. The molecule has 1 N–H and O–H groups in total. The van der Waals surface area contributed by atoms with Crippen LogP contribution in [0.3, 0.4) is 0 Å². The minimum atomic E-state index is 0.154. The van der Waals surface area contributed by atoms with Gasteiger partial charge in [0.2, 0.25) is 0 Å². The van der Waals surface area contributed by atoms with Crippen LogP contribution in [0.25, 0.3) is 11.0 Å². The molecule has 2 aromatic heterocycles. The summed E-state index contributed by atoms with van der Waals surface area (Å²) >= 11 is 6.11. The zero-order chi connectivity index (χ0) is 16.7. The molecule has 1 aliphatic heterocycles. The van der Waals surface area contributed by atoms with Crippen molar-refractivity contribution < 1.29 is 4.74 Å². The first kappa shape index (κ1) is 15.6. The maximum absolute atomic E-state index is 6.11. The number of nitrogens with one attached hydrogen (secondary N) is 1. The lowest BCUT2D eigenvalue weighted by Gasteiger charge is -2.21. The molecule has 8 heteroatoms. The fraction of sp³-hybridized carbons (Fsp3) is 0.438. The van der Waals surface area contributed by atoms with Gasteiger partial charge in [-0.25, -0.2) is 9.97 Å². The SMILES string of the molecule is CO[C@@H]1C[C@@H](c2ncn[nH]2)N(Cc2nc3ccc(Cl)cc3n2C)C1. The summed E-state index contributed by atoms with van der Waals surface area (Å²) in [5.74, 6) is 1.87. The van der Waals surface area contributed by atoms with Gasteiger partial charge in [0.05, 0.1) is 29.7 Å². The number of rotatable bonds is 4. The molecule has 0 bridgehead atoms. The fourth-order valence-corrected chi connectivity index (χ4v) is 3.57. The number of H-pyrrole nitrogens is 1. The minimum absolute atomic E-state index is 0.154. The van der Waals surface area contributed by atoms with Gasteiger partial charge < -0.3 is 9.30 Å². The summed E-state index contributed by atoms with van der Waals surface area (Å²) in [5, 5.41) is 7.69. The van der Waals surface area contributed by atoms with Gasteiger partial charge in [0.25, 0.3) is 0 Å². The first-order valence-electron chi connectivity index (χ1n) is 7.88. The van der Waals surface area contributed by atoms with Crippen molar-refractivity contribution in [3.8, 4) is 0 Å². The summed E-state index contributed by atoms with van der Waals surface area (Å²) in [6.07, 6.45) is 2.62. The van der Waals surface area contributed by atoms with Crippen LogP contribution >= 0.6 is 11.6 Å². The number of aromatic amines is 1. The van der Waals surface area contributed by atoms with Crippen molar-refractivity contribution in [2.75, 3.05) is 13.7 Å². The van der Waals surface area contributed by atoms with E-state index in [0.717, 1.165) is 40.7 Å². The largest absolute Gasteiger partial charge is 0.380 e. The van der Waals surface area contributed by atoms with E-state index in [1.54, 1.807) is 13.4 Å². The van der Waals surface area contributed by atoms with Gasteiger partial charge in [-0.3, -0.25) is 10.00 Å². The number of ether oxygens (including phenoxy) is 1. The number of aryl methyl sites for hydroxylation is 1. The molecule has 4 rings (SSSR count). The van der Waals surface area contributed by atoms with Crippen molar-refractivity contribution in [2.45, 2.75) is 25.1 Å². The third-order valence-corrected chi connectivity index (χ3v) is 4.96. The van der Waals surface area contributed by atoms with E-state index in [4.69, 9.17) is 21.3 Å². The molecule has 1 aliphatic rings. The lowest BCUT2D eigenvalue weighted by molar-refractivity contribution is 0.107. The molecule has 1 saturated heterocycles. The number of halogens is 1. The second-order valence-corrected chi connectivity index (χ2v) is 6.57. The smallest absolute Gasteiger partial charge is 0.141 e. The number of likely N-dealkylation sites (tertiary alicyclic amines) is 1. The topological polar surface area (TPSA) is 71.9 Å². The zero-order valence-electron chi connectivity index (χ0n) is 13.6. The lowest BCUT2D eigenvalue weighted by Crippen LogP contribution is -2.26. The average molecular weight is 347 g/mol. The number of methoxy groups -OCH3 is 1. The third-order valence-electron chi connectivity index (χ3n) is 4.73. The van der Waals surface area contributed by atoms with Gasteiger partial charge in [-0.2, -0.15) is 5.10 Å². The second-order valence-electron chi connectivity index (χ2n) is 6.13. The van der Waals surface area contributed by atoms with Crippen LogP contribution in [0.15, 0.2) is 24.5 Å². The Morgan fingerprint density at radius 2 is 2.29 bits per heavy atom. The number of hydrogen-bond donors (Lipinski definition) is 1. The van der Waals surface area contributed by atoms with E-state index in [1.165, 1.54) is 0 Å². The highest BCUT2D eigenvalue weighted by molar-refractivity contribution is 6.31. The fourth-order valence-electron chi connectivity index (χ4n) is 3.40. The van der Waals surface area contributed by atoms with E-state index < -0.39 is 0 Å². The zero-order valence-corrected chi connectivity index (χ0v) is 14.4. The van der Waals surface area contributed by atoms with E-state index in [0.29, 0.717) is 6.54 Å². The predicted molar refractivity (Wildman–Crippen MR) is 90.7 cm³/mol. The quantitative estimate of drug-likeness (QED) is 0.784. The van der Waals surface area contributed by atoms with E-state index in [1.807, 2.05) is 25.2 Å². The van der Waals surface area contributed by atoms with Crippen molar-refractivity contribution in [2.24, 2.45) is 7.05 Å². The van der Waals surface area contributed by atoms with E-state index in [-0.39, 0.29) is 12.1 Å². The van der Waals surface area contributed by atoms with E-state index in [9.17, 15) is 0 Å². The molecule has 0 amide bonds. The van der Waals surface area contributed by atoms with E-state index >= 15 is 0 Å². The Balaban J connectivity index is 1.64. The normalized spacial score (nSPS) is 21.8. The molecule has 0 radical (unpaired) electrons. The van der Waals surface area contributed by atoms with Gasteiger partial charge in [-0.1, -0.05) is 11.6 Å². The molecule has 7 nitrogen and oxygen atoms in total. The summed E-state index contributed by atoms with van der Waals surface area (Å²) in [7, 11) is 3.77. The molecular weight excluding hydrogens is 328 g/mol. The van der Waals surface area contributed by atoms with Gasteiger partial charge >= 0.3 is 0 Å². The Hall–Kier alpha value is -1.96. The molecule has 126 valence electrons. The molecule has 0 saturated carbocycles. The molecule has 1 aromatic carbocycles. The Bertz CT molecular complexity index is 846. The third kappa shape index (κ3) is 2.68. The highest BCUT2D eigenvalue weighted by Gasteiger charge is 2.35. The van der Waals surface area contributed by atoms with Crippen LogP contribution < -0.4 is 0 Å². The van der Waals surface area contributed by atoms with Gasteiger partial charge in [0.15, 0.2) is 0 Å². The van der Waals surface area contributed by atoms with Crippen LogP contribution in [0.5, 0.6) is 0 Å². The summed E-state index contributed by atoms with van der Waals surface area (Å²) in [5.41, 5.74) is 1.99. The van der Waals surface area contributed by atoms with Gasteiger partial charge in [0, 0.05) is 25.7 Å². The first-order valence-corrected chi connectivity index (χ1v) is 8.26. The van der Waals surface area contributed by atoms with E-state index in [2.05, 4.69) is 24.6 Å². The lowest BCUT2D eigenvalue weighted by atomic mass is 10.2. The number of benzene rings is 1. The van der Waals surface area contributed by atoms with Gasteiger partial charge in [-0.15, -0.1) is 0 Å².